The Kier molecular flexibility index (Phi) is 6.09. The molecule has 3 rings (SSSR count). The number of aromatic nitrogens is 2. The van der Waals surface area contributed by atoms with Gasteiger partial charge in [-0.15, -0.1) is 0 Å². The molecule has 2 aromatic rings. The van der Waals surface area contributed by atoms with Gasteiger partial charge < -0.3 is 4.90 Å². The van der Waals surface area contributed by atoms with Gasteiger partial charge in [-0.25, -0.2) is 0 Å². The van der Waals surface area contributed by atoms with E-state index < -0.39 is 0 Å². The fourth-order valence-corrected chi connectivity index (χ4v) is 3.63. The molecule has 2 heterocycles. The van der Waals surface area contributed by atoms with Crippen LogP contribution >= 0.6 is 0 Å². The van der Waals surface area contributed by atoms with Crippen LogP contribution in [0.4, 0.5) is 0 Å². The molecule has 0 spiro atoms. The van der Waals surface area contributed by atoms with E-state index >= 15 is 0 Å². The minimum Gasteiger partial charge on any atom is -0.335 e. The van der Waals surface area contributed by atoms with E-state index in [0.717, 1.165) is 43.9 Å². The SMILES string of the molecule is CCC[C@H](C)N1CCN(C(=O)c2cc(-c3ccc(CC)cc3)n[nH]2)CC1. The van der Waals surface area contributed by atoms with Crippen molar-refractivity contribution in [3.63, 3.8) is 0 Å². The first kappa shape index (κ1) is 18.6. The number of carbonyl (C=O) groups is 1. The number of nitrogens with one attached hydrogen (secondary N) is 1. The molecule has 1 atom stereocenters. The fraction of sp³-hybridized carbons (Fsp3) is 0.524. The molecule has 1 aromatic carbocycles. The van der Waals surface area contributed by atoms with Crippen molar-refractivity contribution in [3.8, 4) is 11.3 Å². The zero-order chi connectivity index (χ0) is 18.5. The number of aromatic amines is 1. The van der Waals surface area contributed by atoms with Crippen LogP contribution in [-0.2, 0) is 6.42 Å². The molecule has 5 heteroatoms. The molecule has 1 fully saturated rings. The Balaban J connectivity index is 1.61. The molecule has 140 valence electrons. The highest BCUT2D eigenvalue weighted by molar-refractivity contribution is 5.93. The molecule has 0 unspecified atom stereocenters. The van der Waals surface area contributed by atoms with Gasteiger partial charge in [-0.05, 0) is 31.4 Å². The van der Waals surface area contributed by atoms with Crippen molar-refractivity contribution in [2.75, 3.05) is 26.2 Å². The molecule has 0 bridgehead atoms. The van der Waals surface area contributed by atoms with Crippen LogP contribution < -0.4 is 0 Å². The lowest BCUT2D eigenvalue weighted by Crippen LogP contribution is -2.51. The van der Waals surface area contributed by atoms with Gasteiger partial charge in [-0.2, -0.15) is 5.10 Å². The molecule has 1 N–H and O–H groups in total. The van der Waals surface area contributed by atoms with Gasteiger partial charge in [-0.3, -0.25) is 14.8 Å². The van der Waals surface area contributed by atoms with Gasteiger partial charge in [0.05, 0.1) is 5.69 Å². The summed E-state index contributed by atoms with van der Waals surface area (Å²) in [6.45, 7) is 10.1. The van der Waals surface area contributed by atoms with E-state index in [4.69, 9.17) is 0 Å². The molecular formula is C21H30N4O. The van der Waals surface area contributed by atoms with Crippen LogP contribution in [0.25, 0.3) is 11.3 Å². The van der Waals surface area contributed by atoms with E-state index in [0.29, 0.717) is 11.7 Å². The highest BCUT2D eigenvalue weighted by Gasteiger charge is 2.25. The third kappa shape index (κ3) is 4.15. The van der Waals surface area contributed by atoms with Crippen LogP contribution in [0.2, 0.25) is 0 Å². The molecule has 5 nitrogen and oxygen atoms in total. The lowest BCUT2D eigenvalue weighted by Gasteiger charge is -2.37. The lowest BCUT2D eigenvalue weighted by molar-refractivity contribution is 0.0569. The second kappa shape index (κ2) is 8.49. The summed E-state index contributed by atoms with van der Waals surface area (Å²) >= 11 is 0. The second-order valence-electron chi connectivity index (χ2n) is 7.18. The van der Waals surface area contributed by atoms with Gasteiger partial charge in [0.15, 0.2) is 0 Å². The summed E-state index contributed by atoms with van der Waals surface area (Å²) in [6.07, 6.45) is 3.44. The van der Waals surface area contributed by atoms with Gasteiger partial charge in [-0.1, -0.05) is 44.5 Å². The summed E-state index contributed by atoms with van der Waals surface area (Å²) in [5, 5.41) is 7.27. The molecule has 1 saturated heterocycles. The van der Waals surface area contributed by atoms with Crippen molar-refractivity contribution in [2.45, 2.75) is 46.1 Å². The van der Waals surface area contributed by atoms with Crippen LogP contribution in [0.1, 0.15) is 49.7 Å². The standard InChI is InChI=1S/C21H30N4O/c1-4-6-16(3)24-11-13-25(14-12-24)21(26)20-15-19(22-23-20)18-9-7-17(5-2)8-10-18/h7-10,15-16H,4-6,11-14H2,1-3H3,(H,22,23)/t16-/m0/s1. The van der Waals surface area contributed by atoms with Crippen molar-refractivity contribution >= 4 is 5.91 Å². The predicted octanol–water partition coefficient (Wildman–Crippen LogP) is 3.59. The van der Waals surface area contributed by atoms with Crippen molar-refractivity contribution in [1.82, 2.24) is 20.0 Å². The quantitative estimate of drug-likeness (QED) is 0.862. The van der Waals surface area contributed by atoms with Crippen LogP contribution in [0.3, 0.4) is 0 Å². The fourth-order valence-electron chi connectivity index (χ4n) is 3.63. The molecule has 0 saturated carbocycles. The third-order valence-corrected chi connectivity index (χ3v) is 5.40. The topological polar surface area (TPSA) is 52.2 Å². The monoisotopic (exact) mass is 354 g/mol. The molecule has 1 aliphatic heterocycles. The van der Waals surface area contributed by atoms with Gasteiger partial charge in [0.1, 0.15) is 5.69 Å². The zero-order valence-electron chi connectivity index (χ0n) is 16.2. The Labute approximate surface area is 156 Å². The van der Waals surface area contributed by atoms with Crippen molar-refractivity contribution in [1.29, 1.82) is 0 Å². The normalized spacial score (nSPS) is 16.7. The van der Waals surface area contributed by atoms with Crippen LogP contribution in [0, 0.1) is 0 Å². The minimum absolute atomic E-state index is 0.0525. The maximum Gasteiger partial charge on any atom is 0.271 e. The first-order valence-corrected chi connectivity index (χ1v) is 9.80. The number of hydrogen-bond donors (Lipinski definition) is 1. The number of benzene rings is 1. The summed E-state index contributed by atoms with van der Waals surface area (Å²) in [7, 11) is 0. The number of carbonyl (C=O) groups excluding carboxylic acids is 1. The molecule has 1 aliphatic rings. The van der Waals surface area contributed by atoms with Gasteiger partial charge in [0, 0.05) is 37.8 Å². The number of aryl methyl sites for hydroxylation is 1. The molecular weight excluding hydrogens is 324 g/mol. The number of hydrogen-bond acceptors (Lipinski definition) is 3. The number of nitrogens with zero attached hydrogens (tertiary/aromatic N) is 3. The summed E-state index contributed by atoms with van der Waals surface area (Å²) in [5.74, 6) is 0.0525. The second-order valence-corrected chi connectivity index (χ2v) is 7.18. The first-order valence-electron chi connectivity index (χ1n) is 9.80. The Hall–Kier alpha value is -2.14. The largest absolute Gasteiger partial charge is 0.335 e. The third-order valence-electron chi connectivity index (χ3n) is 5.40. The summed E-state index contributed by atoms with van der Waals surface area (Å²) in [5.41, 5.74) is 3.74. The highest BCUT2D eigenvalue weighted by atomic mass is 16.2. The maximum absolute atomic E-state index is 12.8. The van der Waals surface area contributed by atoms with Gasteiger partial charge >= 0.3 is 0 Å². The average molecular weight is 354 g/mol. The molecule has 0 radical (unpaired) electrons. The van der Waals surface area contributed by atoms with Gasteiger partial charge in [0.25, 0.3) is 5.91 Å². The van der Waals surface area contributed by atoms with E-state index in [1.54, 1.807) is 0 Å². The Morgan fingerprint density at radius 2 is 1.85 bits per heavy atom. The molecule has 1 aromatic heterocycles. The zero-order valence-corrected chi connectivity index (χ0v) is 16.2. The van der Waals surface area contributed by atoms with Gasteiger partial charge in [0.2, 0.25) is 0 Å². The van der Waals surface area contributed by atoms with E-state index in [1.807, 2.05) is 11.0 Å². The highest BCUT2D eigenvalue weighted by Crippen LogP contribution is 2.20. The Morgan fingerprint density at radius 1 is 1.15 bits per heavy atom. The smallest absolute Gasteiger partial charge is 0.271 e. The number of amides is 1. The molecule has 26 heavy (non-hydrogen) atoms. The number of rotatable bonds is 6. The van der Waals surface area contributed by atoms with Crippen LogP contribution in [-0.4, -0.2) is 58.1 Å². The molecule has 1 amide bonds. The average Bonchev–Trinajstić information content (AvgIpc) is 3.18. The summed E-state index contributed by atoms with van der Waals surface area (Å²) in [4.78, 5) is 17.2. The van der Waals surface area contributed by atoms with E-state index in [9.17, 15) is 4.79 Å². The van der Waals surface area contributed by atoms with E-state index in [2.05, 4.69) is 60.1 Å². The van der Waals surface area contributed by atoms with Crippen molar-refractivity contribution < 1.29 is 4.79 Å². The van der Waals surface area contributed by atoms with E-state index in [-0.39, 0.29) is 5.91 Å². The molecule has 0 aliphatic carbocycles. The Bertz CT molecular complexity index is 714. The van der Waals surface area contributed by atoms with E-state index in [1.165, 1.54) is 18.4 Å². The maximum atomic E-state index is 12.8. The van der Waals surface area contributed by atoms with Crippen LogP contribution in [0.15, 0.2) is 30.3 Å². The lowest BCUT2D eigenvalue weighted by atomic mass is 10.1. The summed E-state index contributed by atoms with van der Waals surface area (Å²) < 4.78 is 0. The van der Waals surface area contributed by atoms with Crippen LogP contribution in [0.5, 0.6) is 0 Å². The minimum atomic E-state index is 0.0525. The predicted molar refractivity (Wildman–Crippen MR) is 105 cm³/mol. The number of H-pyrrole nitrogens is 1. The summed E-state index contributed by atoms with van der Waals surface area (Å²) in [6, 6.07) is 10.8. The Morgan fingerprint density at radius 3 is 2.46 bits per heavy atom. The van der Waals surface area contributed by atoms with Crippen molar-refractivity contribution in [3.05, 3.63) is 41.6 Å². The first-order chi connectivity index (χ1) is 12.6. The number of piperazine rings is 1. The van der Waals surface area contributed by atoms with Crippen molar-refractivity contribution in [2.24, 2.45) is 0 Å².